The Morgan fingerprint density at radius 1 is 1.53 bits per heavy atom. The molecule has 2 N–H and O–H groups in total. The Bertz CT molecular complexity index is 535. The van der Waals surface area contributed by atoms with Crippen LogP contribution in [0.4, 0.5) is 5.82 Å². The van der Waals surface area contributed by atoms with Crippen LogP contribution in [0.3, 0.4) is 0 Å². The smallest absolute Gasteiger partial charge is 0.171 e. The summed E-state index contributed by atoms with van der Waals surface area (Å²) in [7, 11) is -3.13. The van der Waals surface area contributed by atoms with Crippen LogP contribution in [0.25, 0.3) is 0 Å². The molecular formula is C11H18N4O2S2. The first-order valence-corrected chi connectivity index (χ1v) is 9.02. The average Bonchev–Trinajstić information content (AvgIpc) is 2.47. The lowest BCUT2D eigenvalue weighted by atomic mass is 10.4. The molecule has 1 aliphatic rings. The highest BCUT2D eigenvalue weighted by atomic mass is 32.2. The van der Waals surface area contributed by atoms with Crippen LogP contribution >= 0.6 is 11.8 Å². The van der Waals surface area contributed by atoms with Crippen molar-refractivity contribution < 1.29 is 8.42 Å². The van der Waals surface area contributed by atoms with Gasteiger partial charge in [-0.3, -0.25) is 4.98 Å². The first-order chi connectivity index (χ1) is 9.08. The molecule has 1 aromatic rings. The molecule has 2 rings (SSSR count). The van der Waals surface area contributed by atoms with E-state index in [2.05, 4.69) is 9.97 Å². The molecule has 0 aliphatic carbocycles. The van der Waals surface area contributed by atoms with Crippen LogP contribution in [0.2, 0.25) is 0 Å². The zero-order chi connectivity index (χ0) is 13.9. The van der Waals surface area contributed by atoms with E-state index in [1.165, 1.54) is 0 Å². The van der Waals surface area contributed by atoms with Crippen molar-refractivity contribution in [2.45, 2.75) is 18.8 Å². The fourth-order valence-electron chi connectivity index (χ4n) is 1.96. The highest BCUT2D eigenvalue weighted by Crippen LogP contribution is 2.25. The number of hydrogen-bond donors (Lipinski definition) is 1. The van der Waals surface area contributed by atoms with Crippen molar-refractivity contribution in [3.8, 4) is 0 Å². The molecule has 0 amide bonds. The van der Waals surface area contributed by atoms with Crippen molar-refractivity contribution in [2.24, 2.45) is 5.73 Å². The maximum atomic E-state index is 12.2. The van der Waals surface area contributed by atoms with Crippen LogP contribution in [-0.4, -0.2) is 47.6 Å². The summed E-state index contributed by atoms with van der Waals surface area (Å²) >= 11 is 1.66. The number of nitrogens with two attached hydrogens (primary N) is 1. The largest absolute Gasteiger partial charge is 0.337 e. The van der Waals surface area contributed by atoms with Crippen LogP contribution in [0.15, 0.2) is 12.4 Å². The molecule has 1 saturated heterocycles. The van der Waals surface area contributed by atoms with Gasteiger partial charge in [0.1, 0.15) is 11.2 Å². The Hall–Kier alpha value is -0.860. The molecule has 1 aromatic heterocycles. The monoisotopic (exact) mass is 302 g/mol. The zero-order valence-corrected chi connectivity index (χ0v) is 12.5. The molecule has 1 aliphatic heterocycles. The number of hydrogen-bond acceptors (Lipinski definition) is 7. The summed E-state index contributed by atoms with van der Waals surface area (Å²) in [6.45, 7) is 2.64. The van der Waals surface area contributed by atoms with Gasteiger partial charge < -0.3 is 10.6 Å². The lowest BCUT2D eigenvalue weighted by Crippen LogP contribution is -2.48. The molecule has 106 valence electrons. The second kappa shape index (κ2) is 6.06. The highest BCUT2D eigenvalue weighted by molar-refractivity contribution is 8.01. The summed E-state index contributed by atoms with van der Waals surface area (Å²) in [5, 5.41) is -0.515. The molecule has 2 heterocycles. The van der Waals surface area contributed by atoms with Crippen molar-refractivity contribution in [1.82, 2.24) is 9.97 Å². The fraction of sp³-hybridized carbons (Fsp3) is 0.636. The number of nitrogens with zero attached hydrogens (tertiary/aromatic N) is 3. The van der Waals surface area contributed by atoms with Crippen LogP contribution in [0, 0.1) is 0 Å². The van der Waals surface area contributed by atoms with Gasteiger partial charge in [0.25, 0.3) is 0 Å². The summed E-state index contributed by atoms with van der Waals surface area (Å²) in [4.78, 5) is 10.3. The van der Waals surface area contributed by atoms with Gasteiger partial charge in [0, 0.05) is 36.5 Å². The van der Waals surface area contributed by atoms with E-state index < -0.39 is 15.2 Å². The summed E-state index contributed by atoms with van der Waals surface area (Å²) in [6.07, 6.45) is 3.21. The van der Waals surface area contributed by atoms with Gasteiger partial charge in [-0.05, 0) is 0 Å². The Morgan fingerprint density at radius 3 is 3.00 bits per heavy atom. The van der Waals surface area contributed by atoms with Crippen molar-refractivity contribution in [3.63, 3.8) is 0 Å². The van der Waals surface area contributed by atoms with Crippen molar-refractivity contribution in [1.29, 1.82) is 0 Å². The van der Waals surface area contributed by atoms with Crippen LogP contribution in [-0.2, 0) is 16.4 Å². The third-order valence-corrected chi connectivity index (χ3v) is 6.37. The molecule has 19 heavy (non-hydrogen) atoms. The normalized spacial score (nSPS) is 20.5. The predicted molar refractivity (Wildman–Crippen MR) is 77.8 cm³/mol. The van der Waals surface area contributed by atoms with Crippen LogP contribution in [0.5, 0.6) is 0 Å². The summed E-state index contributed by atoms with van der Waals surface area (Å²) < 4.78 is 24.3. The van der Waals surface area contributed by atoms with E-state index in [0.29, 0.717) is 30.4 Å². The van der Waals surface area contributed by atoms with Crippen molar-refractivity contribution in [3.05, 3.63) is 18.1 Å². The van der Waals surface area contributed by atoms with E-state index in [1.807, 2.05) is 4.90 Å². The van der Waals surface area contributed by atoms with Gasteiger partial charge in [0.05, 0.1) is 11.9 Å². The van der Waals surface area contributed by atoms with E-state index in [1.54, 1.807) is 31.1 Å². The number of thioether (sulfide) groups is 1. The first kappa shape index (κ1) is 14.5. The third kappa shape index (κ3) is 3.18. The van der Waals surface area contributed by atoms with E-state index in [9.17, 15) is 8.42 Å². The van der Waals surface area contributed by atoms with Gasteiger partial charge in [0.2, 0.25) is 0 Å². The quantitative estimate of drug-likeness (QED) is 0.852. The van der Waals surface area contributed by atoms with Gasteiger partial charge >= 0.3 is 0 Å². The molecule has 8 heteroatoms. The molecule has 1 unspecified atom stereocenters. The maximum Gasteiger partial charge on any atom is 0.171 e. The number of sulfone groups is 1. The molecule has 0 saturated carbocycles. The van der Waals surface area contributed by atoms with Crippen LogP contribution in [0.1, 0.15) is 12.6 Å². The Kier molecular flexibility index (Phi) is 4.64. The maximum absolute atomic E-state index is 12.2. The summed E-state index contributed by atoms with van der Waals surface area (Å²) in [5.41, 5.74) is 6.22. The molecular weight excluding hydrogens is 284 g/mol. The number of rotatable bonds is 4. The molecule has 0 radical (unpaired) electrons. The van der Waals surface area contributed by atoms with Crippen molar-refractivity contribution >= 4 is 27.4 Å². The molecule has 1 fully saturated rings. The van der Waals surface area contributed by atoms with Crippen molar-refractivity contribution in [2.75, 3.05) is 28.7 Å². The highest BCUT2D eigenvalue weighted by Gasteiger charge is 2.33. The third-order valence-electron chi connectivity index (χ3n) is 3.08. The Balaban J connectivity index is 2.34. The molecule has 1 atom stereocenters. The SMILES string of the molecule is CCS(=O)(=O)C1CSCCN1c1cncc(CN)n1. The minimum atomic E-state index is -3.13. The topological polar surface area (TPSA) is 89.2 Å². The molecule has 0 bridgehead atoms. The Morgan fingerprint density at radius 2 is 2.32 bits per heavy atom. The van der Waals surface area contributed by atoms with E-state index >= 15 is 0 Å². The summed E-state index contributed by atoms with van der Waals surface area (Å²) in [5.74, 6) is 2.21. The average molecular weight is 302 g/mol. The lowest BCUT2D eigenvalue weighted by Gasteiger charge is -2.35. The van der Waals surface area contributed by atoms with Gasteiger partial charge in [-0.2, -0.15) is 11.8 Å². The summed E-state index contributed by atoms with van der Waals surface area (Å²) in [6, 6.07) is 0. The predicted octanol–water partition coefficient (Wildman–Crippen LogP) is 0.249. The minimum absolute atomic E-state index is 0.138. The standard InChI is InChI=1S/C11H18N4O2S2/c1-2-19(16,17)11-8-18-4-3-15(11)10-7-13-6-9(5-12)14-10/h6-7,11H,2-5,8,12H2,1H3. The minimum Gasteiger partial charge on any atom is -0.337 e. The van der Waals surface area contributed by atoms with E-state index in [4.69, 9.17) is 5.73 Å². The van der Waals surface area contributed by atoms with Gasteiger partial charge in [-0.1, -0.05) is 6.92 Å². The lowest BCUT2D eigenvalue weighted by molar-refractivity contribution is 0.578. The Labute approximate surface area is 117 Å². The van der Waals surface area contributed by atoms with E-state index in [-0.39, 0.29) is 5.75 Å². The van der Waals surface area contributed by atoms with Gasteiger partial charge in [-0.25, -0.2) is 13.4 Å². The van der Waals surface area contributed by atoms with Gasteiger partial charge in [-0.15, -0.1) is 0 Å². The van der Waals surface area contributed by atoms with Gasteiger partial charge in [0.15, 0.2) is 9.84 Å². The number of anilines is 1. The molecule has 6 nitrogen and oxygen atoms in total. The van der Waals surface area contributed by atoms with E-state index in [0.717, 1.165) is 5.75 Å². The molecule has 0 spiro atoms. The fourth-order valence-corrected chi connectivity index (χ4v) is 4.94. The molecule has 0 aromatic carbocycles. The zero-order valence-electron chi connectivity index (χ0n) is 10.8. The first-order valence-electron chi connectivity index (χ1n) is 6.15. The second-order valence-electron chi connectivity index (χ2n) is 4.25. The second-order valence-corrected chi connectivity index (χ2v) is 7.84. The number of aromatic nitrogens is 2. The van der Waals surface area contributed by atoms with Crippen LogP contribution < -0.4 is 10.6 Å².